The Kier molecular flexibility index (Phi) is 6.44. The van der Waals surface area contributed by atoms with Crippen molar-refractivity contribution in [1.82, 2.24) is 5.32 Å². The van der Waals surface area contributed by atoms with Gasteiger partial charge in [-0.25, -0.2) is 0 Å². The molecule has 0 aliphatic rings. The zero-order chi connectivity index (χ0) is 15.1. The number of ether oxygens (including phenoxy) is 2. The first-order chi connectivity index (χ1) is 9.58. The summed E-state index contributed by atoms with van der Waals surface area (Å²) in [7, 11) is 4.64. The Labute approximate surface area is 118 Å². The maximum absolute atomic E-state index is 10.9. The van der Waals surface area contributed by atoms with Crippen LogP contribution in [-0.2, 0) is 0 Å². The minimum atomic E-state index is -1.16. The van der Waals surface area contributed by atoms with Crippen LogP contribution in [0.3, 0.4) is 0 Å². The summed E-state index contributed by atoms with van der Waals surface area (Å²) in [5.41, 5.74) is 0.676. The average Bonchev–Trinajstić information content (AvgIpc) is 2.49. The van der Waals surface area contributed by atoms with Crippen LogP contribution >= 0.6 is 0 Å². The van der Waals surface area contributed by atoms with E-state index in [0.717, 1.165) is 0 Å². The van der Waals surface area contributed by atoms with Crippen molar-refractivity contribution in [3.8, 4) is 11.5 Å². The second-order valence-corrected chi connectivity index (χ2v) is 4.37. The first-order valence-corrected chi connectivity index (χ1v) is 6.30. The highest BCUT2D eigenvalue weighted by Crippen LogP contribution is 2.37. The predicted molar refractivity (Wildman–Crippen MR) is 74.4 cm³/mol. The molecular weight excluding hydrogens is 262 g/mol. The minimum absolute atomic E-state index is 0.314. The molecule has 0 saturated carbocycles. The van der Waals surface area contributed by atoms with E-state index < -0.39 is 12.2 Å². The average molecular weight is 283 g/mol. The van der Waals surface area contributed by atoms with E-state index in [2.05, 4.69) is 5.32 Å². The number of hydrogen-bond donors (Lipinski definition) is 3. The highest BCUT2D eigenvalue weighted by atomic mass is 16.5. The molecule has 0 fully saturated rings. The zero-order valence-electron chi connectivity index (χ0n) is 11.9. The molecule has 0 bridgehead atoms. The molecule has 2 unspecified atom stereocenters. The molecule has 0 radical (unpaired) electrons. The van der Waals surface area contributed by atoms with E-state index in [0.29, 0.717) is 41.9 Å². The normalized spacial score (nSPS) is 13.7. The topological polar surface area (TPSA) is 88.0 Å². The van der Waals surface area contributed by atoms with Crippen LogP contribution in [0.1, 0.15) is 28.4 Å². The van der Waals surface area contributed by atoms with Crippen LogP contribution in [0, 0.1) is 0 Å². The Morgan fingerprint density at radius 2 is 2.00 bits per heavy atom. The maximum atomic E-state index is 10.9. The molecule has 1 rings (SSSR count). The lowest BCUT2D eigenvalue weighted by molar-refractivity contribution is 0.0125. The Morgan fingerprint density at radius 3 is 2.50 bits per heavy atom. The number of benzene rings is 1. The van der Waals surface area contributed by atoms with E-state index in [1.165, 1.54) is 26.4 Å². The fourth-order valence-corrected chi connectivity index (χ4v) is 1.96. The second-order valence-electron chi connectivity index (χ2n) is 4.37. The Bertz CT molecular complexity index is 449. The second kappa shape index (κ2) is 7.84. The summed E-state index contributed by atoms with van der Waals surface area (Å²) in [6.45, 7) is 0.561. The summed E-state index contributed by atoms with van der Waals surface area (Å²) in [6.07, 6.45) is -1.11. The molecule has 0 amide bonds. The standard InChI is InChI=1S/C14H21NO5/c1-15-5-4-11(17)13(18)10-6-9(8-16)7-12(19-2)14(10)20-3/h6-8,11,13,15,17-18H,4-5H2,1-3H3. The summed E-state index contributed by atoms with van der Waals surface area (Å²) in [5, 5.41) is 23.1. The maximum Gasteiger partial charge on any atom is 0.166 e. The number of nitrogens with one attached hydrogen (secondary N) is 1. The van der Waals surface area contributed by atoms with E-state index in [1.807, 2.05) is 0 Å². The minimum Gasteiger partial charge on any atom is -0.493 e. The van der Waals surface area contributed by atoms with Crippen molar-refractivity contribution < 1.29 is 24.5 Å². The molecule has 20 heavy (non-hydrogen) atoms. The molecule has 0 aromatic heterocycles. The van der Waals surface area contributed by atoms with Gasteiger partial charge in [-0.3, -0.25) is 4.79 Å². The summed E-state index contributed by atoms with van der Waals surface area (Å²) < 4.78 is 10.4. The number of rotatable bonds is 8. The van der Waals surface area contributed by atoms with Gasteiger partial charge in [-0.1, -0.05) is 0 Å². The number of aldehydes is 1. The van der Waals surface area contributed by atoms with E-state index in [-0.39, 0.29) is 0 Å². The van der Waals surface area contributed by atoms with Crippen molar-refractivity contribution in [3.63, 3.8) is 0 Å². The molecule has 0 heterocycles. The van der Waals surface area contributed by atoms with Gasteiger partial charge in [-0.2, -0.15) is 0 Å². The largest absolute Gasteiger partial charge is 0.493 e. The van der Waals surface area contributed by atoms with Crippen molar-refractivity contribution in [2.45, 2.75) is 18.6 Å². The van der Waals surface area contributed by atoms with Gasteiger partial charge >= 0.3 is 0 Å². The number of carbonyl (C=O) groups is 1. The van der Waals surface area contributed by atoms with Crippen LogP contribution in [0.5, 0.6) is 11.5 Å². The molecule has 0 spiro atoms. The van der Waals surface area contributed by atoms with Crippen LogP contribution in [0.2, 0.25) is 0 Å². The van der Waals surface area contributed by atoms with Gasteiger partial charge < -0.3 is 25.0 Å². The fraction of sp³-hybridized carbons (Fsp3) is 0.500. The van der Waals surface area contributed by atoms with Crippen molar-refractivity contribution in [1.29, 1.82) is 0 Å². The molecule has 0 aliphatic carbocycles. The van der Waals surface area contributed by atoms with Gasteiger partial charge in [0.2, 0.25) is 0 Å². The van der Waals surface area contributed by atoms with Crippen molar-refractivity contribution in [2.24, 2.45) is 0 Å². The van der Waals surface area contributed by atoms with E-state index in [9.17, 15) is 15.0 Å². The third kappa shape index (κ3) is 3.69. The van der Waals surface area contributed by atoms with Crippen LogP contribution in [0.25, 0.3) is 0 Å². The van der Waals surface area contributed by atoms with Gasteiger partial charge in [-0.15, -0.1) is 0 Å². The van der Waals surface area contributed by atoms with Gasteiger partial charge in [0.25, 0.3) is 0 Å². The lowest BCUT2D eigenvalue weighted by Crippen LogP contribution is -2.24. The SMILES string of the molecule is CNCCC(O)C(O)c1cc(C=O)cc(OC)c1OC. The van der Waals surface area contributed by atoms with Crippen LogP contribution in [-0.4, -0.2) is 50.4 Å². The highest BCUT2D eigenvalue weighted by Gasteiger charge is 2.24. The number of methoxy groups -OCH3 is 2. The molecule has 2 atom stereocenters. The third-order valence-corrected chi connectivity index (χ3v) is 3.04. The van der Waals surface area contributed by atoms with Gasteiger partial charge in [-0.05, 0) is 32.1 Å². The summed E-state index contributed by atoms with van der Waals surface area (Å²) >= 11 is 0. The zero-order valence-corrected chi connectivity index (χ0v) is 11.9. The van der Waals surface area contributed by atoms with Crippen molar-refractivity contribution >= 4 is 6.29 Å². The van der Waals surface area contributed by atoms with Crippen LogP contribution in [0.15, 0.2) is 12.1 Å². The first-order valence-electron chi connectivity index (χ1n) is 6.30. The van der Waals surface area contributed by atoms with Gasteiger partial charge in [0, 0.05) is 11.1 Å². The van der Waals surface area contributed by atoms with E-state index in [1.54, 1.807) is 7.05 Å². The quantitative estimate of drug-likeness (QED) is 0.603. The molecule has 6 heteroatoms. The van der Waals surface area contributed by atoms with E-state index >= 15 is 0 Å². The monoisotopic (exact) mass is 283 g/mol. The van der Waals surface area contributed by atoms with Crippen molar-refractivity contribution in [3.05, 3.63) is 23.3 Å². The number of hydrogen-bond acceptors (Lipinski definition) is 6. The summed E-state index contributed by atoms with van der Waals surface area (Å²) in [6, 6.07) is 3.00. The lowest BCUT2D eigenvalue weighted by atomic mass is 9.98. The smallest absolute Gasteiger partial charge is 0.166 e. The lowest BCUT2D eigenvalue weighted by Gasteiger charge is -2.22. The van der Waals surface area contributed by atoms with Crippen LogP contribution < -0.4 is 14.8 Å². The Balaban J connectivity index is 3.16. The molecule has 1 aromatic carbocycles. The molecule has 112 valence electrons. The summed E-state index contributed by atoms with van der Waals surface area (Å²) in [5.74, 6) is 0.654. The summed E-state index contributed by atoms with van der Waals surface area (Å²) in [4.78, 5) is 10.9. The number of aliphatic hydroxyl groups is 2. The van der Waals surface area contributed by atoms with Crippen molar-refractivity contribution in [2.75, 3.05) is 27.8 Å². The van der Waals surface area contributed by atoms with Crippen LogP contribution in [0.4, 0.5) is 0 Å². The third-order valence-electron chi connectivity index (χ3n) is 3.04. The number of aliphatic hydroxyl groups excluding tert-OH is 2. The fourth-order valence-electron chi connectivity index (χ4n) is 1.96. The Hall–Kier alpha value is -1.63. The molecule has 3 N–H and O–H groups in total. The first kappa shape index (κ1) is 16.4. The van der Waals surface area contributed by atoms with E-state index in [4.69, 9.17) is 9.47 Å². The van der Waals surface area contributed by atoms with Gasteiger partial charge in [0.15, 0.2) is 11.5 Å². The highest BCUT2D eigenvalue weighted by molar-refractivity contribution is 5.77. The van der Waals surface area contributed by atoms with Gasteiger partial charge in [0.05, 0.1) is 20.3 Å². The molecule has 0 aliphatic heterocycles. The molecule has 6 nitrogen and oxygen atoms in total. The molecular formula is C14H21NO5. The molecule has 1 aromatic rings. The predicted octanol–water partition coefficient (Wildman–Crippen LogP) is 0.520. The number of carbonyl (C=O) groups excluding carboxylic acids is 1. The molecule has 0 saturated heterocycles. The van der Waals surface area contributed by atoms with Gasteiger partial charge in [0.1, 0.15) is 12.4 Å². The Morgan fingerprint density at radius 1 is 1.30 bits per heavy atom.